The number of halogens is 1. The minimum atomic E-state index is -3.60. The molecule has 1 saturated carbocycles. The van der Waals surface area contributed by atoms with Gasteiger partial charge in [-0.3, -0.25) is 4.79 Å². The summed E-state index contributed by atoms with van der Waals surface area (Å²) in [4.78, 5) is 18.0. The monoisotopic (exact) mass is 505 g/mol. The van der Waals surface area contributed by atoms with E-state index in [4.69, 9.17) is 11.6 Å². The third-order valence-electron chi connectivity index (χ3n) is 6.36. The predicted molar refractivity (Wildman–Crippen MR) is 133 cm³/mol. The Balaban J connectivity index is 1.64. The van der Waals surface area contributed by atoms with Crippen LogP contribution >= 0.6 is 22.9 Å². The van der Waals surface area contributed by atoms with Crippen molar-refractivity contribution in [2.24, 2.45) is 4.99 Å². The first-order valence-corrected chi connectivity index (χ1v) is 13.8. The minimum absolute atomic E-state index is 0.0350. The normalized spacial score (nSPS) is 16.1. The Bertz CT molecular complexity index is 1350. The van der Waals surface area contributed by atoms with E-state index in [1.165, 1.54) is 39.9 Å². The lowest BCUT2D eigenvalue weighted by Gasteiger charge is -2.30. The largest absolute Gasteiger partial charge is 0.316 e. The molecule has 4 rings (SSSR count). The van der Waals surface area contributed by atoms with Gasteiger partial charge in [-0.25, -0.2) is 8.42 Å². The van der Waals surface area contributed by atoms with Crippen LogP contribution in [0.15, 0.2) is 46.3 Å². The van der Waals surface area contributed by atoms with Crippen LogP contribution in [0, 0.1) is 6.92 Å². The summed E-state index contributed by atoms with van der Waals surface area (Å²) in [6.07, 6.45) is 5.05. The SMILES string of the molecule is CCn1c(=NC(=O)c2ccc(S(=O)(=O)N(C)C3CCCCC3)cc2)sc2c(Cl)ccc(C)c21. The van der Waals surface area contributed by atoms with E-state index in [0.717, 1.165) is 47.9 Å². The van der Waals surface area contributed by atoms with Crippen LogP contribution in [0.5, 0.6) is 0 Å². The second-order valence-corrected chi connectivity index (χ2v) is 11.8. The number of carbonyl (C=O) groups excluding carboxylic acids is 1. The summed E-state index contributed by atoms with van der Waals surface area (Å²) in [5.74, 6) is -0.415. The first-order chi connectivity index (χ1) is 15.7. The summed E-state index contributed by atoms with van der Waals surface area (Å²) in [7, 11) is -1.95. The van der Waals surface area contributed by atoms with Gasteiger partial charge in [-0.1, -0.05) is 48.3 Å². The van der Waals surface area contributed by atoms with Crippen molar-refractivity contribution >= 4 is 49.1 Å². The Morgan fingerprint density at radius 3 is 2.45 bits per heavy atom. The van der Waals surface area contributed by atoms with Crippen LogP contribution in [0.2, 0.25) is 5.02 Å². The molecule has 1 amide bonds. The van der Waals surface area contributed by atoms with Crippen molar-refractivity contribution in [3.05, 3.63) is 57.3 Å². The summed E-state index contributed by atoms with van der Waals surface area (Å²) < 4.78 is 30.5. The molecule has 6 nitrogen and oxygen atoms in total. The minimum Gasteiger partial charge on any atom is -0.316 e. The second kappa shape index (κ2) is 9.70. The Hall–Kier alpha value is -2.00. The molecule has 0 saturated heterocycles. The van der Waals surface area contributed by atoms with E-state index in [1.54, 1.807) is 7.05 Å². The molecule has 0 spiro atoms. The molecule has 0 aliphatic heterocycles. The summed E-state index contributed by atoms with van der Waals surface area (Å²) >= 11 is 7.76. The molecule has 0 N–H and O–H groups in total. The van der Waals surface area contributed by atoms with Crippen molar-refractivity contribution in [3.8, 4) is 0 Å². The fourth-order valence-electron chi connectivity index (χ4n) is 4.42. The highest BCUT2D eigenvalue weighted by Crippen LogP contribution is 2.29. The van der Waals surface area contributed by atoms with Crippen molar-refractivity contribution in [1.29, 1.82) is 0 Å². The van der Waals surface area contributed by atoms with E-state index < -0.39 is 15.9 Å². The zero-order chi connectivity index (χ0) is 23.8. The van der Waals surface area contributed by atoms with Gasteiger partial charge in [0.2, 0.25) is 10.0 Å². The van der Waals surface area contributed by atoms with Crippen LogP contribution in [-0.4, -0.2) is 36.3 Å². The van der Waals surface area contributed by atoms with Crippen molar-refractivity contribution in [2.75, 3.05) is 7.05 Å². The number of sulfonamides is 1. The van der Waals surface area contributed by atoms with E-state index in [1.807, 2.05) is 30.5 Å². The number of aromatic nitrogens is 1. The van der Waals surface area contributed by atoms with Gasteiger partial charge in [0.25, 0.3) is 5.91 Å². The van der Waals surface area contributed by atoms with Gasteiger partial charge in [0.15, 0.2) is 4.80 Å². The molecular weight excluding hydrogens is 478 g/mol. The lowest BCUT2D eigenvalue weighted by atomic mass is 9.96. The van der Waals surface area contributed by atoms with E-state index >= 15 is 0 Å². The number of amides is 1. The number of aryl methyl sites for hydroxylation is 2. The van der Waals surface area contributed by atoms with E-state index in [9.17, 15) is 13.2 Å². The molecule has 1 aliphatic rings. The molecule has 1 heterocycles. The van der Waals surface area contributed by atoms with Crippen molar-refractivity contribution in [2.45, 2.75) is 63.4 Å². The number of nitrogens with zero attached hydrogens (tertiary/aromatic N) is 3. The third kappa shape index (κ3) is 4.67. The van der Waals surface area contributed by atoms with Gasteiger partial charge in [-0.15, -0.1) is 0 Å². The van der Waals surface area contributed by atoms with Gasteiger partial charge in [0, 0.05) is 25.2 Å². The molecule has 2 aromatic carbocycles. The topological polar surface area (TPSA) is 71.7 Å². The van der Waals surface area contributed by atoms with Crippen LogP contribution in [0.25, 0.3) is 10.2 Å². The summed E-state index contributed by atoms with van der Waals surface area (Å²) in [6, 6.07) is 9.91. The number of carbonyl (C=O) groups is 1. The zero-order valence-electron chi connectivity index (χ0n) is 19.0. The van der Waals surface area contributed by atoms with Gasteiger partial charge in [-0.2, -0.15) is 9.30 Å². The molecule has 1 aliphatic carbocycles. The predicted octanol–water partition coefficient (Wildman–Crippen LogP) is 5.38. The molecule has 3 aromatic rings. The summed E-state index contributed by atoms with van der Waals surface area (Å²) in [5.41, 5.74) is 2.39. The fraction of sp³-hybridized carbons (Fsp3) is 0.417. The number of rotatable bonds is 5. The number of benzene rings is 2. The molecule has 0 bridgehead atoms. The van der Waals surface area contributed by atoms with Crippen LogP contribution in [0.1, 0.15) is 54.9 Å². The average molecular weight is 506 g/mol. The highest BCUT2D eigenvalue weighted by molar-refractivity contribution is 7.89. The van der Waals surface area contributed by atoms with Crippen molar-refractivity contribution in [3.63, 3.8) is 0 Å². The van der Waals surface area contributed by atoms with E-state index in [-0.39, 0.29) is 10.9 Å². The highest BCUT2D eigenvalue weighted by Gasteiger charge is 2.29. The number of thiazole rings is 1. The lowest BCUT2D eigenvalue weighted by molar-refractivity contribution is 0.0997. The molecule has 9 heteroatoms. The van der Waals surface area contributed by atoms with Crippen molar-refractivity contribution < 1.29 is 13.2 Å². The van der Waals surface area contributed by atoms with Gasteiger partial charge in [0.05, 0.1) is 20.1 Å². The zero-order valence-corrected chi connectivity index (χ0v) is 21.4. The van der Waals surface area contributed by atoms with Gasteiger partial charge >= 0.3 is 0 Å². The molecular formula is C24H28ClN3O3S2. The standard InChI is InChI=1S/C24H28ClN3O3S2/c1-4-28-21-16(2)10-15-20(25)22(21)32-24(28)26-23(29)17-11-13-19(14-12-17)33(30,31)27(3)18-8-6-5-7-9-18/h10-15,18H,4-9H2,1-3H3. The van der Waals surface area contributed by atoms with Crippen LogP contribution in [0.3, 0.4) is 0 Å². The molecule has 0 radical (unpaired) electrons. The first kappa shape index (κ1) is 24.1. The lowest BCUT2D eigenvalue weighted by Crippen LogP contribution is -2.38. The number of hydrogen-bond donors (Lipinski definition) is 0. The van der Waals surface area contributed by atoms with Gasteiger partial charge in [0.1, 0.15) is 0 Å². The molecule has 1 fully saturated rings. The summed E-state index contributed by atoms with van der Waals surface area (Å²) in [5, 5.41) is 0.633. The molecule has 176 valence electrons. The third-order valence-corrected chi connectivity index (χ3v) is 9.82. The fourth-order valence-corrected chi connectivity index (χ4v) is 7.28. The van der Waals surface area contributed by atoms with Crippen molar-refractivity contribution in [1.82, 2.24) is 8.87 Å². The quantitative estimate of drug-likeness (QED) is 0.467. The molecule has 0 unspecified atom stereocenters. The Morgan fingerprint density at radius 1 is 1.15 bits per heavy atom. The Kier molecular flexibility index (Phi) is 7.09. The van der Waals surface area contributed by atoms with Crippen LogP contribution < -0.4 is 4.80 Å². The van der Waals surface area contributed by atoms with Crippen LogP contribution in [-0.2, 0) is 16.6 Å². The summed E-state index contributed by atoms with van der Waals surface area (Å²) in [6.45, 7) is 4.66. The molecule has 0 atom stereocenters. The first-order valence-electron chi connectivity index (χ1n) is 11.2. The highest BCUT2D eigenvalue weighted by atomic mass is 35.5. The number of hydrogen-bond acceptors (Lipinski definition) is 4. The maximum absolute atomic E-state index is 13.1. The second-order valence-electron chi connectivity index (χ2n) is 8.43. The van der Waals surface area contributed by atoms with Crippen LogP contribution in [0.4, 0.5) is 0 Å². The smallest absolute Gasteiger partial charge is 0.279 e. The Labute approximate surface area is 203 Å². The van der Waals surface area contributed by atoms with E-state index in [2.05, 4.69) is 4.99 Å². The number of fused-ring (bicyclic) bond motifs is 1. The van der Waals surface area contributed by atoms with Gasteiger partial charge in [-0.05, 0) is 62.6 Å². The van der Waals surface area contributed by atoms with Gasteiger partial charge < -0.3 is 4.57 Å². The molecule has 1 aromatic heterocycles. The maximum atomic E-state index is 13.1. The average Bonchev–Trinajstić information content (AvgIpc) is 3.21. The van der Waals surface area contributed by atoms with E-state index in [0.29, 0.717) is 21.9 Å². The Morgan fingerprint density at radius 2 is 1.82 bits per heavy atom. The maximum Gasteiger partial charge on any atom is 0.279 e. The molecule has 33 heavy (non-hydrogen) atoms.